The maximum Gasteiger partial charge on any atom is 0.257 e. The first-order valence-electron chi connectivity index (χ1n) is 9.73. The second-order valence-electron chi connectivity index (χ2n) is 7.09. The molecule has 152 valence electrons. The van der Waals surface area contributed by atoms with Crippen molar-refractivity contribution in [2.45, 2.75) is 13.5 Å². The molecule has 1 N–H and O–H groups in total. The van der Waals surface area contributed by atoms with Crippen molar-refractivity contribution in [3.8, 4) is 11.3 Å². The Hall–Kier alpha value is -4.33. The number of hydrogen-bond acceptors (Lipinski definition) is 6. The van der Waals surface area contributed by atoms with Gasteiger partial charge in [0.05, 0.1) is 29.4 Å². The number of carbonyl (C=O) groups is 1. The molecule has 0 bridgehead atoms. The highest BCUT2D eigenvalue weighted by Crippen LogP contribution is 2.26. The molecule has 1 aromatic carbocycles. The molecule has 4 aromatic heterocycles. The fourth-order valence-electron chi connectivity index (χ4n) is 3.38. The minimum Gasteiger partial charge on any atom is -0.360 e. The van der Waals surface area contributed by atoms with Crippen molar-refractivity contribution < 1.29 is 9.32 Å². The van der Waals surface area contributed by atoms with Gasteiger partial charge in [-0.2, -0.15) is 5.10 Å². The average Bonchev–Trinajstić information content (AvgIpc) is 3.40. The molecule has 8 nitrogen and oxygen atoms in total. The summed E-state index contributed by atoms with van der Waals surface area (Å²) < 4.78 is 6.84. The predicted octanol–water partition coefficient (Wildman–Crippen LogP) is 4.09. The molecule has 5 rings (SSSR count). The second kappa shape index (κ2) is 7.83. The standard InChI is InChI=1S/C23H18N6O2/c1-15-11-21(28-31-15)27-23(30)18-12-20(17-5-3-2-4-6-17)26-22-19(18)13-25-29(22)14-16-7-9-24-10-8-16/h2-13H,14H2,1H3,(H,27,28,30). The summed E-state index contributed by atoms with van der Waals surface area (Å²) in [5, 5.41) is 11.8. The van der Waals surface area contributed by atoms with Crippen LogP contribution in [0, 0.1) is 6.92 Å². The van der Waals surface area contributed by atoms with Crippen LogP contribution in [0.25, 0.3) is 22.3 Å². The highest BCUT2D eigenvalue weighted by atomic mass is 16.5. The van der Waals surface area contributed by atoms with Crippen LogP contribution in [-0.2, 0) is 6.54 Å². The highest BCUT2D eigenvalue weighted by Gasteiger charge is 2.19. The molecule has 0 spiro atoms. The molecule has 5 aromatic rings. The van der Waals surface area contributed by atoms with E-state index in [1.807, 2.05) is 42.5 Å². The van der Waals surface area contributed by atoms with Gasteiger partial charge in [-0.3, -0.25) is 9.78 Å². The van der Waals surface area contributed by atoms with Gasteiger partial charge in [0, 0.05) is 24.0 Å². The van der Waals surface area contributed by atoms with Crippen molar-refractivity contribution in [2.75, 3.05) is 5.32 Å². The third-order valence-corrected chi connectivity index (χ3v) is 4.87. The maximum absolute atomic E-state index is 13.1. The van der Waals surface area contributed by atoms with Crippen LogP contribution in [0.4, 0.5) is 5.82 Å². The third kappa shape index (κ3) is 3.78. The van der Waals surface area contributed by atoms with Crippen LogP contribution in [0.15, 0.2) is 77.7 Å². The van der Waals surface area contributed by atoms with Gasteiger partial charge in [0.15, 0.2) is 11.5 Å². The van der Waals surface area contributed by atoms with Crippen molar-refractivity contribution in [2.24, 2.45) is 0 Å². The Bertz CT molecular complexity index is 1360. The van der Waals surface area contributed by atoms with Gasteiger partial charge in [-0.15, -0.1) is 0 Å². The number of hydrogen-bond donors (Lipinski definition) is 1. The molecule has 1 amide bonds. The van der Waals surface area contributed by atoms with Crippen LogP contribution in [-0.4, -0.2) is 30.8 Å². The van der Waals surface area contributed by atoms with Gasteiger partial charge in [0.25, 0.3) is 5.91 Å². The van der Waals surface area contributed by atoms with E-state index in [1.165, 1.54) is 0 Å². The number of amides is 1. The first-order valence-corrected chi connectivity index (χ1v) is 9.73. The van der Waals surface area contributed by atoms with Crippen LogP contribution in [0.3, 0.4) is 0 Å². The van der Waals surface area contributed by atoms with E-state index in [0.29, 0.717) is 40.4 Å². The van der Waals surface area contributed by atoms with Gasteiger partial charge < -0.3 is 9.84 Å². The number of nitrogens with one attached hydrogen (secondary N) is 1. The minimum absolute atomic E-state index is 0.304. The molecule has 8 heteroatoms. The Morgan fingerprint density at radius 3 is 2.65 bits per heavy atom. The molecule has 0 saturated heterocycles. The smallest absolute Gasteiger partial charge is 0.257 e. The highest BCUT2D eigenvalue weighted by molar-refractivity contribution is 6.12. The number of anilines is 1. The summed E-state index contributed by atoms with van der Waals surface area (Å²) in [7, 11) is 0. The summed E-state index contributed by atoms with van der Waals surface area (Å²) in [4.78, 5) is 22.0. The van der Waals surface area contributed by atoms with Crippen molar-refractivity contribution in [1.29, 1.82) is 0 Å². The number of nitrogens with zero attached hydrogens (tertiary/aromatic N) is 5. The zero-order chi connectivity index (χ0) is 21.2. The fourth-order valence-corrected chi connectivity index (χ4v) is 3.38. The van der Waals surface area contributed by atoms with Crippen LogP contribution in [0.2, 0.25) is 0 Å². The van der Waals surface area contributed by atoms with Gasteiger partial charge >= 0.3 is 0 Å². The van der Waals surface area contributed by atoms with Gasteiger partial charge in [-0.1, -0.05) is 35.5 Å². The number of rotatable bonds is 5. The average molecular weight is 410 g/mol. The Balaban J connectivity index is 1.62. The van der Waals surface area contributed by atoms with Crippen LogP contribution in [0.5, 0.6) is 0 Å². The molecule has 31 heavy (non-hydrogen) atoms. The Morgan fingerprint density at radius 2 is 1.90 bits per heavy atom. The second-order valence-corrected chi connectivity index (χ2v) is 7.09. The van der Waals surface area contributed by atoms with Crippen LogP contribution in [0.1, 0.15) is 21.7 Å². The summed E-state index contributed by atoms with van der Waals surface area (Å²) >= 11 is 0. The van der Waals surface area contributed by atoms with Gasteiger partial charge in [-0.05, 0) is 30.7 Å². The molecular weight excluding hydrogens is 392 g/mol. The summed E-state index contributed by atoms with van der Waals surface area (Å²) in [6.07, 6.45) is 5.15. The van der Waals surface area contributed by atoms with Gasteiger partial charge in [0.1, 0.15) is 5.76 Å². The lowest BCUT2D eigenvalue weighted by molar-refractivity contribution is 0.102. The van der Waals surface area contributed by atoms with E-state index >= 15 is 0 Å². The lowest BCUT2D eigenvalue weighted by Crippen LogP contribution is -2.13. The number of carbonyl (C=O) groups excluding carboxylic acids is 1. The maximum atomic E-state index is 13.1. The topological polar surface area (TPSA) is 98.7 Å². The summed E-state index contributed by atoms with van der Waals surface area (Å²) in [5.74, 6) is 0.671. The van der Waals surface area contributed by atoms with E-state index in [4.69, 9.17) is 9.51 Å². The van der Waals surface area contributed by atoms with Crippen molar-refractivity contribution in [3.05, 3.63) is 90.1 Å². The van der Waals surface area contributed by atoms with E-state index in [2.05, 4.69) is 20.6 Å². The molecule has 0 radical (unpaired) electrons. The molecule has 0 unspecified atom stereocenters. The van der Waals surface area contributed by atoms with Gasteiger partial charge in [-0.25, -0.2) is 9.67 Å². The predicted molar refractivity (Wildman–Crippen MR) is 115 cm³/mol. The molecule has 0 saturated carbocycles. The van der Waals surface area contributed by atoms with E-state index in [9.17, 15) is 4.79 Å². The van der Waals surface area contributed by atoms with Crippen LogP contribution < -0.4 is 5.32 Å². The van der Waals surface area contributed by atoms with Crippen LogP contribution >= 0.6 is 0 Å². The summed E-state index contributed by atoms with van der Waals surface area (Å²) in [6, 6.07) is 17.0. The number of fused-ring (bicyclic) bond motifs is 1. The summed E-state index contributed by atoms with van der Waals surface area (Å²) in [6.45, 7) is 2.28. The van der Waals surface area contributed by atoms with Gasteiger partial charge in [0.2, 0.25) is 0 Å². The van der Waals surface area contributed by atoms with E-state index in [-0.39, 0.29) is 5.91 Å². The van der Waals surface area contributed by atoms with E-state index < -0.39 is 0 Å². The molecule has 0 aliphatic carbocycles. The first kappa shape index (κ1) is 18.7. The number of pyridine rings is 2. The Kier molecular flexibility index (Phi) is 4.72. The quantitative estimate of drug-likeness (QED) is 0.469. The number of aromatic nitrogens is 5. The summed E-state index contributed by atoms with van der Waals surface area (Å²) in [5.41, 5.74) is 3.72. The Labute approximate surface area is 177 Å². The molecule has 0 atom stereocenters. The van der Waals surface area contributed by atoms with E-state index in [0.717, 1.165) is 11.1 Å². The van der Waals surface area contributed by atoms with Crippen molar-refractivity contribution in [1.82, 2.24) is 24.9 Å². The molecule has 0 aliphatic heterocycles. The van der Waals surface area contributed by atoms with Crippen molar-refractivity contribution in [3.63, 3.8) is 0 Å². The number of benzene rings is 1. The van der Waals surface area contributed by atoms with E-state index in [1.54, 1.807) is 42.3 Å². The SMILES string of the molecule is Cc1cc(NC(=O)c2cc(-c3ccccc3)nc3c2cnn3Cc2ccncc2)no1. The molecular formula is C23H18N6O2. The third-order valence-electron chi connectivity index (χ3n) is 4.87. The molecule has 4 heterocycles. The molecule has 0 aliphatic rings. The fraction of sp³-hybridized carbons (Fsp3) is 0.0870. The Morgan fingerprint density at radius 1 is 1.10 bits per heavy atom. The number of aryl methyl sites for hydroxylation is 1. The lowest BCUT2D eigenvalue weighted by atomic mass is 10.1. The monoisotopic (exact) mass is 410 g/mol. The van der Waals surface area contributed by atoms with Crippen molar-refractivity contribution >= 4 is 22.8 Å². The molecule has 0 fully saturated rings. The zero-order valence-electron chi connectivity index (χ0n) is 16.7. The minimum atomic E-state index is -0.304. The first-order chi connectivity index (χ1) is 15.2. The lowest BCUT2D eigenvalue weighted by Gasteiger charge is -2.09. The largest absolute Gasteiger partial charge is 0.360 e. The zero-order valence-corrected chi connectivity index (χ0v) is 16.7. The normalized spacial score (nSPS) is 11.0.